The second-order valence-corrected chi connectivity index (χ2v) is 5.74. The lowest BCUT2D eigenvalue weighted by atomic mass is 10.2. The Morgan fingerprint density at radius 2 is 2.00 bits per heavy atom. The number of rotatable bonds is 7. The number of carboxylic acid groups (broad SMARTS) is 1. The number of hydrogen-bond donors (Lipinski definition) is 1. The van der Waals surface area contributed by atoms with Crippen LogP contribution in [0.1, 0.15) is 10.4 Å². The van der Waals surface area contributed by atoms with Crippen LogP contribution in [0.5, 0.6) is 0 Å². The quantitative estimate of drug-likeness (QED) is 0.765. The highest BCUT2D eigenvalue weighted by molar-refractivity contribution is 7.98. The van der Waals surface area contributed by atoms with Crippen molar-refractivity contribution in [2.75, 3.05) is 33.1 Å². The van der Waals surface area contributed by atoms with Gasteiger partial charge in [-0.15, -0.1) is 11.8 Å². The van der Waals surface area contributed by atoms with E-state index in [9.17, 15) is 9.59 Å². The van der Waals surface area contributed by atoms with Crippen LogP contribution >= 0.6 is 35.0 Å². The van der Waals surface area contributed by atoms with Crippen LogP contribution in [0, 0.1) is 0 Å². The normalized spacial score (nSPS) is 10.5. The van der Waals surface area contributed by atoms with Gasteiger partial charge in [-0.3, -0.25) is 9.59 Å². The van der Waals surface area contributed by atoms with Gasteiger partial charge in [0, 0.05) is 18.6 Å². The Bertz CT molecular complexity index is 539. The number of aliphatic carboxylic acids is 1. The van der Waals surface area contributed by atoms with Gasteiger partial charge >= 0.3 is 5.97 Å². The second kappa shape index (κ2) is 8.48. The number of ether oxygens (including phenoxy) is 1. The molecule has 116 valence electrons. The van der Waals surface area contributed by atoms with E-state index < -0.39 is 18.4 Å². The zero-order valence-electron chi connectivity index (χ0n) is 11.6. The molecule has 1 amide bonds. The first-order chi connectivity index (χ1) is 9.90. The van der Waals surface area contributed by atoms with Gasteiger partial charge in [0.2, 0.25) is 0 Å². The molecule has 0 aromatic heterocycles. The van der Waals surface area contributed by atoms with E-state index in [0.717, 1.165) is 0 Å². The molecule has 1 rings (SSSR count). The average Bonchev–Trinajstić information content (AvgIpc) is 2.42. The van der Waals surface area contributed by atoms with Crippen molar-refractivity contribution < 1.29 is 19.4 Å². The molecule has 8 heteroatoms. The molecule has 0 saturated carbocycles. The van der Waals surface area contributed by atoms with Gasteiger partial charge in [0.1, 0.15) is 6.54 Å². The van der Waals surface area contributed by atoms with E-state index in [-0.39, 0.29) is 23.7 Å². The van der Waals surface area contributed by atoms with E-state index in [4.69, 9.17) is 33.0 Å². The number of thioether (sulfide) groups is 1. The molecule has 5 nitrogen and oxygen atoms in total. The summed E-state index contributed by atoms with van der Waals surface area (Å²) in [7, 11) is 1.48. The lowest BCUT2D eigenvalue weighted by Gasteiger charge is -2.21. The number of hydrogen-bond acceptors (Lipinski definition) is 4. The molecule has 1 aromatic rings. The van der Waals surface area contributed by atoms with Crippen LogP contribution in [0.25, 0.3) is 0 Å². The highest BCUT2D eigenvalue weighted by atomic mass is 35.5. The summed E-state index contributed by atoms with van der Waals surface area (Å²) in [6, 6.07) is 3.05. The minimum atomic E-state index is -1.10. The summed E-state index contributed by atoms with van der Waals surface area (Å²) in [6.45, 7) is -0.0233. The summed E-state index contributed by atoms with van der Waals surface area (Å²) in [4.78, 5) is 25.2. The van der Waals surface area contributed by atoms with Gasteiger partial charge in [-0.2, -0.15) is 0 Å². The monoisotopic (exact) mass is 351 g/mol. The van der Waals surface area contributed by atoms with Crippen molar-refractivity contribution >= 4 is 46.8 Å². The molecule has 1 aromatic carbocycles. The number of carboxylic acids is 1. The molecule has 1 N–H and O–H groups in total. The third kappa shape index (κ3) is 5.07. The zero-order valence-corrected chi connectivity index (χ0v) is 13.9. The fraction of sp³-hybridized carbons (Fsp3) is 0.385. The van der Waals surface area contributed by atoms with Crippen molar-refractivity contribution in [3.05, 3.63) is 27.7 Å². The fourth-order valence-electron chi connectivity index (χ4n) is 1.64. The van der Waals surface area contributed by atoms with Gasteiger partial charge in [-0.25, -0.2) is 0 Å². The SMILES string of the molecule is COCCN(CC(=O)O)C(=O)c1cc(SC)c(Cl)cc1Cl. The summed E-state index contributed by atoms with van der Waals surface area (Å²) < 4.78 is 4.89. The molecule has 0 aliphatic rings. The highest BCUT2D eigenvalue weighted by Gasteiger charge is 2.22. The Morgan fingerprint density at radius 1 is 1.33 bits per heavy atom. The van der Waals surface area contributed by atoms with Gasteiger partial charge in [0.25, 0.3) is 5.91 Å². The van der Waals surface area contributed by atoms with Gasteiger partial charge in [0.05, 0.1) is 22.2 Å². The number of carbonyl (C=O) groups excluding carboxylic acids is 1. The maximum Gasteiger partial charge on any atom is 0.323 e. The smallest absolute Gasteiger partial charge is 0.323 e. The predicted octanol–water partition coefficient (Wildman–Crippen LogP) is 2.89. The summed E-state index contributed by atoms with van der Waals surface area (Å²) in [6.07, 6.45) is 1.82. The van der Waals surface area contributed by atoms with Crippen molar-refractivity contribution in [2.24, 2.45) is 0 Å². The molecular formula is C13H15Cl2NO4S. The third-order valence-electron chi connectivity index (χ3n) is 2.65. The number of methoxy groups -OCH3 is 1. The molecular weight excluding hydrogens is 337 g/mol. The first-order valence-electron chi connectivity index (χ1n) is 5.93. The molecule has 21 heavy (non-hydrogen) atoms. The molecule has 0 radical (unpaired) electrons. The summed E-state index contributed by atoms with van der Waals surface area (Å²) >= 11 is 13.4. The van der Waals surface area contributed by atoms with Crippen molar-refractivity contribution in [3.63, 3.8) is 0 Å². The second-order valence-electron chi connectivity index (χ2n) is 4.08. The molecule has 0 spiro atoms. The van der Waals surface area contributed by atoms with Crippen molar-refractivity contribution in [1.82, 2.24) is 4.90 Å². The van der Waals surface area contributed by atoms with E-state index in [1.54, 1.807) is 6.07 Å². The Balaban J connectivity index is 3.10. The van der Waals surface area contributed by atoms with Crippen LogP contribution in [0.15, 0.2) is 17.0 Å². The first-order valence-corrected chi connectivity index (χ1v) is 7.91. The Morgan fingerprint density at radius 3 is 2.52 bits per heavy atom. The van der Waals surface area contributed by atoms with E-state index in [2.05, 4.69) is 0 Å². The molecule has 0 atom stereocenters. The third-order valence-corrected chi connectivity index (χ3v) is 4.17. The maximum atomic E-state index is 12.5. The van der Waals surface area contributed by atoms with Crippen molar-refractivity contribution in [2.45, 2.75) is 4.90 Å². The van der Waals surface area contributed by atoms with Gasteiger partial charge in [-0.1, -0.05) is 23.2 Å². The average molecular weight is 352 g/mol. The summed E-state index contributed by atoms with van der Waals surface area (Å²) in [5, 5.41) is 9.54. The molecule has 0 unspecified atom stereocenters. The number of amides is 1. The largest absolute Gasteiger partial charge is 0.480 e. The topological polar surface area (TPSA) is 66.8 Å². The Kier molecular flexibility index (Phi) is 7.31. The van der Waals surface area contributed by atoms with E-state index in [1.807, 2.05) is 6.26 Å². The molecule has 0 aliphatic carbocycles. The van der Waals surface area contributed by atoms with Crippen LogP contribution in [-0.4, -0.2) is 54.9 Å². The number of halogens is 2. The molecule has 0 bridgehead atoms. The molecule has 0 saturated heterocycles. The van der Waals surface area contributed by atoms with Crippen molar-refractivity contribution in [3.8, 4) is 0 Å². The lowest BCUT2D eigenvalue weighted by Crippen LogP contribution is -2.38. The minimum absolute atomic E-state index is 0.162. The van der Waals surface area contributed by atoms with Crippen LogP contribution < -0.4 is 0 Å². The minimum Gasteiger partial charge on any atom is -0.480 e. The zero-order chi connectivity index (χ0) is 16.0. The molecule has 0 fully saturated rings. The van der Waals surface area contributed by atoms with E-state index in [1.165, 1.54) is 29.8 Å². The van der Waals surface area contributed by atoms with Crippen LogP contribution in [-0.2, 0) is 9.53 Å². The summed E-state index contributed by atoms with van der Waals surface area (Å²) in [5.41, 5.74) is 0.225. The first kappa shape index (κ1) is 18.1. The number of carbonyl (C=O) groups is 2. The van der Waals surface area contributed by atoms with Crippen LogP contribution in [0.2, 0.25) is 10.0 Å². The van der Waals surface area contributed by atoms with Gasteiger partial charge < -0.3 is 14.7 Å². The Labute approximate surface area is 137 Å². The Hall–Kier alpha value is -0.950. The van der Waals surface area contributed by atoms with Crippen LogP contribution in [0.4, 0.5) is 0 Å². The maximum absolute atomic E-state index is 12.5. The number of benzene rings is 1. The van der Waals surface area contributed by atoms with Crippen LogP contribution in [0.3, 0.4) is 0 Å². The lowest BCUT2D eigenvalue weighted by molar-refractivity contribution is -0.137. The predicted molar refractivity (Wildman–Crippen MR) is 83.7 cm³/mol. The van der Waals surface area contributed by atoms with Gasteiger partial charge in [-0.05, 0) is 18.4 Å². The number of nitrogens with zero attached hydrogens (tertiary/aromatic N) is 1. The van der Waals surface area contributed by atoms with E-state index in [0.29, 0.717) is 9.92 Å². The molecule has 0 aliphatic heterocycles. The van der Waals surface area contributed by atoms with E-state index >= 15 is 0 Å². The highest BCUT2D eigenvalue weighted by Crippen LogP contribution is 2.31. The summed E-state index contributed by atoms with van der Waals surface area (Å²) in [5.74, 6) is -1.57. The van der Waals surface area contributed by atoms with Gasteiger partial charge in [0.15, 0.2) is 0 Å². The van der Waals surface area contributed by atoms with Crippen molar-refractivity contribution in [1.29, 1.82) is 0 Å². The fourth-order valence-corrected chi connectivity index (χ4v) is 2.82. The molecule has 0 heterocycles. The standard InChI is InChI=1S/C13H15Cl2NO4S/c1-20-4-3-16(7-12(17)18)13(19)8-5-11(21-2)10(15)6-9(8)14/h5-6H,3-4,7H2,1-2H3,(H,17,18).